The fourth-order valence-electron chi connectivity index (χ4n) is 3.33. The summed E-state index contributed by atoms with van der Waals surface area (Å²) < 4.78 is 33.1. The van der Waals surface area contributed by atoms with Crippen LogP contribution in [-0.4, -0.2) is 36.3 Å². The van der Waals surface area contributed by atoms with Gasteiger partial charge in [0.05, 0.1) is 10.4 Å². The topological polar surface area (TPSA) is 89.6 Å². The SMILES string of the molecule is O=C(c1ccc(Cl)cc1)n1c(=O)oc2cc(S(=O)(=O)N3CCCCC3)ccc21. The van der Waals surface area contributed by atoms with Gasteiger partial charge in [-0.2, -0.15) is 4.31 Å². The minimum Gasteiger partial charge on any atom is -0.407 e. The summed E-state index contributed by atoms with van der Waals surface area (Å²) in [6.07, 6.45) is 2.65. The van der Waals surface area contributed by atoms with Gasteiger partial charge >= 0.3 is 5.76 Å². The van der Waals surface area contributed by atoms with Crippen LogP contribution in [0.2, 0.25) is 5.02 Å². The first kappa shape index (κ1) is 18.9. The largest absolute Gasteiger partial charge is 0.427 e. The van der Waals surface area contributed by atoms with E-state index in [9.17, 15) is 18.0 Å². The lowest BCUT2D eigenvalue weighted by molar-refractivity contribution is 0.0956. The molecule has 0 aliphatic carbocycles. The van der Waals surface area contributed by atoms with Crippen LogP contribution in [-0.2, 0) is 10.0 Å². The molecular formula is C19H17ClN2O5S. The van der Waals surface area contributed by atoms with Crippen LogP contribution in [0.4, 0.5) is 0 Å². The molecule has 3 aromatic rings. The number of carbonyl (C=O) groups is 1. The number of nitrogens with zero attached hydrogens (tertiary/aromatic N) is 2. The van der Waals surface area contributed by atoms with Gasteiger partial charge in [-0.05, 0) is 49.2 Å². The highest BCUT2D eigenvalue weighted by Gasteiger charge is 2.27. The zero-order chi connectivity index (χ0) is 19.9. The summed E-state index contributed by atoms with van der Waals surface area (Å²) in [6, 6.07) is 10.2. The molecule has 28 heavy (non-hydrogen) atoms. The van der Waals surface area contributed by atoms with Crippen molar-refractivity contribution >= 4 is 38.6 Å². The average Bonchev–Trinajstić information content (AvgIpc) is 3.03. The summed E-state index contributed by atoms with van der Waals surface area (Å²) in [5.41, 5.74) is 0.521. The van der Waals surface area contributed by atoms with E-state index < -0.39 is 21.7 Å². The summed E-state index contributed by atoms with van der Waals surface area (Å²) in [5, 5.41) is 0.466. The number of piperidine rings is 1. The van der Waals surface area contributed by atoms with Crippen molar-refractivity contribution in [3.63, 3.8) is 0 Å². The normalized spacial score (nSPS) is 15.8. The lowest BCUT2D eigenvalue weighted by atomic mass is 10.2. The third kappa shape index (κ3) is 3.28. The van der Waals surface area contributed by atoms with Gasteiger partial charge in [0.25, 0.3) is 5.91 Å². The Labute approximate surface area is 166 Å². The van der Waals surface area contributed by atoms with Crippen LogP contribution in [0.15, 0.2) is 56.6 Å². The van der Waals surface area contributed by atoms with E-state index in [4.69, 9.17) is 16.0 Å². The molecule has 1 aliphatic heterocycles. The number of benzene rings is 2. The molecule has 146 valence electrons. The first-order valence-corrected chi connectivity index (χ1v) is 10.7. The zero-order valence-electron chi connectivity index (χ0n) is 14.8. The molecule has 2 aromatic carbocycles. The summed E-state index contributed by atoms with van der Waals surface area (Å²) in [7, 11) is -3.67. The van der Waals surface area contributed by atoms with Crippen LogP contribution in [0.1, 0.15) is 29.6 Å². The predicted molar refractivity (Wildman–Crippen MR) is 104 cm³/mol. The van der Waals surface area contributed by atoms with E-state index in [0.717, 1.165) is 23.8 Å². The lowest BCUT2D eigenvalue weighted by Gasteiger charge is -2.25. The molecule has 1 saturated heterocycles. The molecular weight excluding hydrogens is 404 g/mol. The van der Waals surface area contributed by atoms with E-state index in [1.54, 1.807) is 12.1 Å². The highest BCUT2D eigenvalue weighted by atomic mass is 35.5. The van der Waals surface area contributed by atoms with E-state index in [1.165, 1.54) is 34.6 Å². The fraction of sp³-hybridized carbons (Fsp3) is 0.263. The first-order chi connectivity index (χ1) is 13.4. The van der Waals surface area contributed by atoms with Crippen molar-refractivity contribution in [1.29, 1.82) is 0 Å². The molecule has 0 saturated carbocycles. The number of aromatic nitrogens is 1. The molecule has 0 radical (unpaired) electrons. The molecule has 0 atom stereocenters. The van der Waals surface area contributed by atoms with E-state index >= 15 is 0 Å². The number of hydrogen-bond acceptors (Lipinski definition) is 5. The van der Waals surface area contributed by atoms with Crippen molar-refractivity contribution in [1.82, 2.24) is 8.87 Å². The summed E-state index contributed by atoms with van der Waals surface area (Å²) in [5.74, 6) is -1.45. The lowest BCUT2D eigenvalue weighted by Crippen LogP contribution is -2.35. The van der Waals surface area contributed by atoms with Crippen LogP contribution < -0.4 is 5.76 Å². The highest BCUT2D eigenvalue weighted by molar-refractivity contribution is 7.89. The summed E-state index contributed by atoms with van der Waals surface area (Å²) >= 11 is 5.83. The molecule has 1 fully saturated rings. The van der Waals surface area contributed by atoms with Gasteiger partial charge in [0.15, 0.2) is 5.58 Å². The van der Waals surface area contributed by atoms with Crippen molar-refractivity contribution in [2.75, 3.05) is 13.1 Å². The van der Waals surface area contributed by atoms with Crippen molar-refractivity contribution in [3.8, 4) is 0 Å². The fourth-order valence-corrected chi connectivity index (χ4v) is 4.99. The summed E-state index contributed by atoms with van der Waals surface area (Å²) in [4.78, 5) is 25.0. The van der Waals surface area contributed by atoms with Crippen molar-refractivity contribution < 1.29 is 17.6 Å². The van der Waals surface area contributed by atoms with Crippen molar-refractivity contribution in [3.05, 3.63) is 63.6 Å². The van der Waals surface area contributed by atoms with E-state index in [-0.39, 0.29) is 21.6 Å². The number of carbonyl (C=O) groups excluding carboxylic acids is 1. The number of rotatable bonds is 3. The number of oxazole rings is 1. The maximum Gasteiger partial charge on any atom is 0.427 e. The van der Waals surface area contributed by atoms with Crippen LogP contribution >= 0.6 is 11.6 Å². The second kappa shape index (κ2) is 7.20. The van der Waals surface area contributed by atoms with E-state index in [0.29, 0.717) is 18.1 Å². The quantitative estimate of drug-likeness (QED) is 0.649. The molecule has 7 nitrogen and oxygen atoms in total. The van der Waals surface area contributed by atoms with Crippen LogP contribution in [0.3, 0.4) is 0 Å². The number of hydrogen-bond donors (Lipinski definition) is 0. The van der Waals surface area contributed by atoms with Gasteiger partial charge in [-0.1, -0.05) is 18.0 Å². The predicted octanol–water partition coefficient (Wildman–Crippen LogP) is 3.11. The third-order valence-corrected chi connectivity index (χ3v) is 6.95. The molecule has 1 aromatic heterocycles. The summed E-state index contributed by atoms with van der Waals surface area (Å²) in [6.45, 7) is 0.945. The molecule has 2 heterocycles. The Morgan fingerprint density at radius 1 is 1.00 bits per heavy atom. The maximum absolute atomic E-state index is 12.8. The van der Waals surface area contributed by atoms with Gasteiger partial charge in [-0.3, -0.25) is 4.79 Å². The standard InChI is InChI=1S/C19H17ClN2O5S/c20-14-6-4-13(5-7-14)18(23)22-16-9-8-15(12-17(16)27-19(22)24)28(25,26)21-10-2-1-3-11-21/h4-9,12H,1-3,10-11H2. The molecule has 0 unspecified atom stereocenters. The smallest absolute Gasteiger partial charge is 0.407 e. The molecule has 0 N–H and O–H groups in total. The Hall–Kier alpha value is -2.42. The van der Waals surface area contributed by atoms with Gasteiger partial charge in [0, 0.05) is 29.7 Å². The van der Waals surface area contributed by atoms with Crippen LogP contribution in [0.25, 0.3) is 11.1 Å². The second-order valence-electron chi connectivity index (χ2n) is 6.61. The molecule has 0 spiro atoms. The van der Waals surface area contributed by atoms with E-state index in [1.807, 2.05) is 0 Å². The maximum atomic E-state index is 12.8. The van der Waals surface area contributed by atoms with Crippen LogP contribution in [0, 0.1) is 0 Å². The third-order valence-electron chi connectivity index (χ3n) is 4.80. The zero-order valence-corrected chi connectivity index (χ0v) is 16.4. The average molecular weight is 421 g/mol. The molecule has 0 bridgehead atoms. The first-order valence-electron chi connectivity index (χ1n) is 8.84. The Balaban J connectivity index is 1.76. The van der Waals surface area contributed by atoms with E-state index in [2.05, 4.69) is 0 Å². The van der Waals surface area contributed by atoms with Gasteiger partial charge in [-0.15, -0.1) is 0 Å². The molecule has 4 rings (SSSR count). The Morgan fingerprint density at radius 3 is 2.36 bits per heavy atom. The van der Waals surface area contributed by atoms with Crippen LogP contribution in [0.5, 0.6) is 0 Å². The Morgan fingerprint density at radius 2 is 1.68 bits per heavy atom. The van der Waals surface area contributed by atoms with Crippen molar-refractivity contribution in [2.24, 2.45) is 0 Å². The Bertz CT molecular complexity index is 1210. The monoisotopic (exact) mass is 420 g/mol. The van der Waals surface area contributed by atoms with Gasteiger partial charge < -0.3 is 4.42 Å². The van der Waals surface area contributed by atoms with Crippen molar-refractivity contribution in [2.45, 2.75) is 24.2 Å². The second-order valence-corrected chi connectivity index (χ2v) is 8.98. The highest BCUT2D eigenvalue weighted by Crippen LogP contribution is 2.24. The van der Waals surface area contributed by atoms with Gasteiger partial charge in [0.1, 0.15) is 0 Å². The molecule has 1 aliphatic rings. The van der Waals surface area contributed by atoms with Gasteiger partial charge in [0.2, 0.25) is 10.0 Å². The number of fused-ring (bicyclic) bond motifs is 1. The minimum absolute atomic E-state index is 0.0433. The molecule has 9 heteroatoms. The van der Waals surface area contributed by atoms with Gasteiger partial charge in [-0.25, -0.2) is 17.8 Å². The minimum atomic E-state index is -3.67. The molecule has 0 amide bonds. The Kier molecular flexibility index (Phi) is 4.86. The number of sulfonamides is 1. The number of halogens is 1.